The topological polar surface area (TPSA) is 130 Å². The fourth-order valence-corrected chi connectivity index (χ4v) is 3.05. The summed E-state index contributed by atoms with van der Waals surface area (Å²) in [6.07, 6.45) is 1.42. The second kappa shape index (κ2) is 5.15. The third-order valence-electron chi connectivity index (χ3n) is 2.94. The van der Waals surface area contributed by atoms with Gasteiger partial charge < -0.3 is 0 Å². The molecule has 106 valence electrons. The summed E-state index contributed by atoms with van der Waals surface area (Å²) in [6.45, 7) is 1.83. The molecule has 0 saturated carbocycles. The lowest BCUT2D eigenvalue weighted by Crippen LogP contribution is -2.29. The Kier molecular flexibility index (Phi) is 3.69. The molecule has 1 atom stereocenters. The van der Waals surface area contributed by atoms with Crippen LogP contribution in [-0.2, 0) is 14.8 Å². The molecule has 1 fully saturated rings. The van der Waals surface area contributed by atoms with Crippen molar-refractivity contribution < 1.29 is 13.2 Å². The number of carbonyl (C=O) groups excluding carboxylic acids is 1. The van der Waals surface area contributed by atoms with Crippen molar-refractivity contribution >= 4 is 21.7 Å². The van der Waals surface area contributed by atoms with E-state index in [-0.39, 0.29) is 41.9 Å². The van der Waals surface area contributed by atoms with Crippen LogP contribution in [0.25, 0.3) is 0 Å². The lowest BCUT2D eigenvalue weighted by Gasteiger charge is -2.16. The molecule has 1 aromatic heterocycles. The van der Waals surface area contributed by atoms with Crippen molar-refractivity contribution in [2.24, 2.45) is 11.1 Å². The predicted molar refractivity (Wildman–Crippen MR) is 69.9 cm³/mol. The average Bonchev–Trinajstić information content (AvgIpc) is 2.67. The van der Waals surface area contributed by atoms with Crippen LogP contribution in [0.3, 0.4) is 0 Å². The highest BCUT2D eigenvalue weighted by Gasteiger charge is 2.34. The molecule has 20 heavy (non-hydrogen) atoms. The van der Waals surface area contributed by atoms with Gasteiger partial charge in [0.25, 0.3) is 0 Å². The maximum atomic E-state index is 12.0. The predicted octanol–water partition coefficient (Wildman–Crippen LogP) is -0.702. The van der Waals surface area contributed by atoms with Crippen LogP contribution in [0.2, 0.25) is 0 Å². The van der Waals surface area contributed by atoms with Crippen molar-refractivity contribution in [1.82, 2.24) is 9.97 Å². The van der Waals surface area contributed by atoms with Gasteiger partial charge in [-0.3, -0.25) is 9.69 Å². The molecule has 2 N–H and O–H groups in total. The van der Waals surface area contributed by atoms with Crippen molar-refractivity contribution in [1.29, 1.82) is 5.26 Å². The van der Waals surface area contributed by atoms with Gasteiger partial charge in [0.05, 0.1) is 11.9 Å². The molecular formula is C11H13N5O3S. The van der Waals surface area contributed by atoms with Crippen LogP contribution in [0.15, 0.2) is 6.20 Å². The first-order valence-electron chi connectivity index (χ1n) is 5.84. The molecule has 0 bridgehead atoms. The Morgan fingerprint density at radius 2 is 2.30 bits per heavy atom. The Hall–Kier alpha value is -2.05. The minimum atomic E-state index is -3.64. The summed E-state index contributed by atoms with van der Waals surface area (Å²) >= 11 is 0. The van der Waals surface area contributed by atoms with Gasteiger partial charge in [-0.05, 0) is 6.92 Å². The summed E-state index contributed by atoms with van der Waals surface area (Å²) in [5, 5.41) is 14.0. The highest BCUT2D eigenvalue weighted by Crippen LogP contribution is 2.26. The SMILES string of the molecule is Cc1ncc(C#N)c(N2CC(CS(N)(=O)=O)CC2=O)n1. The molecule has 1 amide bonds. The van der Waals surface area contributed by atoms with E-state index in [0.717, 1.165) is 0 Å². The van der Waals surface area contributed by atoms with Crippen LogP contribution >= 0.6 is 0 Å². The van der Waals surface area contributed by atoms with Gasteiger partial charge in [0.1, 0.15) is 17.5 Å². The smallest absolute Gasteiger partial charge is 0.228 e. The molecule has 8 nitrogen and oxygen atoms in total. The third-order valence-corrected chi connectivity index (χ3v) is 3.87. The van der Waals surface area contributed by atoms with Crippen LogP contribution in [0.5, 0.6) is 0 Å². The Balaban J connectivity index is 2.29. The van der Waals surface area contributed by atoms with Gasteiger partial charge in [0.15, 0.2) is 5.82 Å². The molecule has 0 radical (unpaired) electrons. The Morgan fingerprint density at radius 1 is 1.60 bits per heavy atom. The van der Waals surface area contributed by atoms with Crippen molar-refractivity contribution in [2.75, 3.05) is 17.2 Å². The van der Waals surface area contributed by atoms with E-state index in [0.29, 0.717) is 5.82 Å². The number of hydrogen-bond acceptors (Lipinski definition) is 6. The van der Waals surface area contributed by atoms with Crippen molar-refractivity contribution in [3.63, 3.8) is 0 Å². The van der Waals surface area contributed by atoms with Gasteiger partial charge in [-0.25, -0.2) is 23.5 Å². The largest absolute Gasteiger partial charge is 0.295 e. The number of aromatic nitrogens is 2. The van der Waals surface area contributed by atoms with Gasteiger partial charge in [0, 0.05) is 18.9 Å². The molecule has 0 aliphatic carbocycles. The second-order valence-corrected chi connectivity index (χ2v) is 6.33. The van der Waals surface area contributed by atoms with Gasteiger partial charge in [-0.2, -0.15) is 5.26 Å². The number of nitriles is 1. The standard InChI is InChI=1S/C11H13N5O3S/c1-7-14-4-9(3-12)11(15-7)16-5-8(2-10(16)17)6-20(13,18)19/h4,8H,2,5-6H2,1H3,(H2,13,18,19). The fraction of sp³-hybridized carbons (Fsp3) is 0.455. The van der Waals surface area contributed by atoms with Gasteiger partial charge in [-0.1, -0.05) is 0 Å². The highest BCUT2D eigenvalue weighted by molar-refractivity contribution is 7.89. The van der Waals surface area contributed by atoms with Crippen LogP contribution < -0.4 is 10.0 Å². The van der Waals surface area contributed by atoms with Gasteiger partial charge in [-0.15, -0.1) is 0 Å². The molecular weight excluding hydrogens is 282 g/mol. The minimum absolute atomic E-state index is 0.0738. The zero-order valence-corrected chi connectivity index (χ0v) is 11.6. The molecule has 1 saturated heterocycles. The van der Waals surface area contributed by atoms with Crippen LogP contribution in [0.1, 0.15) is 17.8 Å². The molecule has 1 aliphatic rings. The number of hydrogen-bond donors (Lipinski definition) is 1. The lowest BCUT2D eigenvalue weighted by atomic mass is 10.1. The normalized spacial score (nSPS) is 19.1. The summed E-state index contributed by atoms with van der Waals surface area (Å²) in [7, 11) is -3.64. The number of nitrogens with zero attached hydrogens (tertiary/aromatic N) is 4. The maximum Gasteiger partial charge on any atom is 0.228 e. The van der Waals surface area contributed by atoms with Gasteiger partial charge >= 0.3 is 0 Å². The van der Waals surface area contributed by atoms with E-state index in [4.69, 9.17) is 10.4 Å². The van der Waals surface area contributed by atoms with E-state index in [1.165, 1.54) is 11.1 Å². The molecule has 2 heterocycles. The molecule has 0 aromatic carbocycles. The molecule has 1 aromatic rings. The molecule has 0 spiro atoms. The summed E-state index contributed by atoms with van der Waals surface area (Å²) < 4.78 is 22.2. The van der Waals surface area contributed by atoms with Gasteiger partial charge in [0.2, 0.25) is 15.9 Å². The van der Waals surface area contributed by atoms with E-state index in [9.17, 15) is 13.2 Å². The van der Waals surface area contributed by atoms with Crippen molar-refractivity contribution in [2.45, 2.75) is 13.3 Å². The van der Waals surface area contributed by atoms with E-state index in [2.05, 4.69) is 9.97 Å². The zero-order valence-electron chi connectivity index (χ0n) is 10.8. The minimum Gasteiger partial charge on any atom is -0.295 e. The van der Waals surface area contributed by atoms with E-state index in [1.807, 2.05) is 6.07 Å². The highest BCUT2D eigenvalue weighted by atomic mass is 32.2. The second-order valence-electron chi connectivity index (χ2n) is 4.67. The number of anilines is 1. The number of nitrogens with two attached hydrogens (primary N) is 1. The number of carbonyl (C=O) groups is 1. The summed E-state index contributed by atoms with van der Waals surface area (Å²) in [5.41, 5.74) is 0.181. The van der Waals surface area contributed by atoms with E-state index in [1.54, 1.807) is 6.92 Å². The molecule has 1 aliphatic heterocycles. The number of sulfonamides is 1. The lowest BCUT2D eigenvalue weighted by molar-refractivity contribution is -0.117. The van der Waals surface area contributed by atoms with Crippen LogP contribution in [0, 0.1) is 24.2 Å². The van der Waals surface area contributed by atoms with Crippen LogP contribution in [-0.4, -0.2) is 36.6 Å². The zero-order chi connectivity index (χ0) is 14.9. The Morgan fingerprint density at radius 3 is 2.90 bits per heavy atom. The number of primary sulfonamides is 1. The summed E-state index contributed by atoms with van der Waals surface area (Å²) in [5.74, 6) is -0.266. The quantitative estimate of drug-likeness (QED) is 0.784. The van der Waals surface area contributed by atoms with Crippen molar-refractivity contribution in [3.05, 3.63) is 17.6 Å². The Labute approximate surface area is 116 Å². The average molecular weight is 295 g/mol. The summed E-state index contributed by atoms with van der Waals surface area (Å²) in [6, 6.07) is 1.92. The van der Waals surface area contributed by atoms with Crippen LogP contribution in [0.4, 0.5) is 5.82 Å². The molecule has 2 rings (SSSR count). The van der Waals surface area contributed by atoms with E-state index < -0.39 is 10.0 Å². The number of aryl methyl sites for hydroxylation is 1. The molecule has 1 unspecified atom stereocenters. The third kappa shape index (κ3) is 3.09. The van der Waals surface area contributed by atoms with Crippen molar-refractivity contribution in [3.8, 4) is 6.07 Å². The number of rotatable bonds is 3. The monoisotopic (exact) mass is 295 g/mol. The maximum absolute atomic E-state index is 12.0. The van der Waals surface area contributed by atoms with E-state index >= 15 is 0 Å². The first-order chi connectivity index (χ1) is 9.30. The fourth-order valence-electron chi connectivity index (χ4n) is 2.17. The first-order valence-corrected chi connectivity index (χ1v) is 7.56. The Bertz CT molecular complexity index is 695. The first kappa shape index (κ1) is 14.4. The number of amides is 1. The summed E-state index contributed by atoms with van der Waals surface area (Å²) in [4.78, 5) is 21.3. The molecule has 9 heteroatoms.